The van der Waals surface area contributed by atoms with Crippen LogP contribution in [0.5, 0.6) is 17.2 Å². The van der Waals surface area contributed by atoms with Gasteiger partial charge in [0, 0.05) is 30.1 Å². The first-order valence-corrected chi connectivity index (χ1v) is 8.94. The summed E-state index contributed by atoms with van der Waals surface area (Å²) in [6, 6.07) is 22.0. The van der Waals surface area contributed by atoms with Gasteiger partial charge < -0.3 is 19.1 Å². The van der Waals surface area contributed by atoms with E-state index in [1.807, 2.05) is 37.4 Å². The Labute approximate surface area is 157 Å². The second-order valence-corrected chi connectivity index (χ2v) is 6.79. The molecule has 1 unspecified atom stereocenters. The van der Waals surface area contributed by atoms with Crippen LogP contribution in [0.3, 0.4) is 0 Å². The van der Waals surface area contributed by atoms with Crippen LogP contribution >= 0.6 is 0 Å². The van der Waals surface area contributed by atoms with Gasteiger partial charge >= 0.3 is 0 Å². The molecular formula is C23H19NO3. The Bertz CT molecular complexity index is 1130. The zero-order valence-corrected chi connectivity index (χ0v) is 14.9. The SMILES string of the molecule is Cn1cc(C(c2ccccc2)c2c(O)ccc3c2OCO3)c2ccccc21. The maximum Gasteiger partial charge on any atom is 0.231 e. The number of aromatic hydroxyl groups is 1. The molecule has 1 N–H and O–H groups in total. The number of hydrogen-bond acceptors (Lipinski definition) is 3. The van der Waals surface area contributed by atoms with Crippen LogP contribution in [-0.2, 0) is 7.05 Å². The number of benzene rings is 3. The number of nitrogens with zero attached hydrogens (tertiary/aromatic N) is 1. The molecule has 0 fully saturated rings. The lowest BCUT2D eigenvalue weighted by Gasteiger charge is -2.20. The van der Waals surface area contributed by atoms with Gasteiger partial charge in [-0.05, 0) is 29.3 Å². The van der Waals surface area contributed by atoms with Crippen molar-refractivity contribution in [3.63, 3.8) is 0 Å². The third kappa shape index (κ3) is 2.45. The molecule has 4 nitrogen and oxygen atoms in total. The van der Waals surface area contributed by atoms with Crippen molar-refractivity contribution < 1.29 is 14.6 Å². The van der Waals surface area contributed by atoms with Crippen molar-refractivity contribution in [2.45, 2.75) is 5.92 Å². The third-order valence-electron chi connectivity index (χ3n) is 5.22. The van der Waals surface area contributed by atoms with E-state index in [0.29, 0.717) is 11.5 Å². The van der Waals surface area contributed by atoms with Gasteiger partial charge in [0.25, 0.3) is 0 Å². The molecule has 1 aliphatic heterocycles. The lowest BCUT2D eigenvalue weighted by Crippen LogP contribution is -2.05. The number of hydrogen-bond donors (Lipinski definition) is 1. The minimum absolute atomic E-state index is 0.169. The fraction of sp³-hybridized carbons (Fsp3) is 0.130. The Morgan fingerprint density at radius 1 is 0.926 bits per heavy atom. The molecule has 4 aromatic rings. The normalized spacial score (nSPS) is 13.8. The molecule has 0 radical (unpaired) electrons. The van der Waals surface area contributed by atoms with Crippen molar-refractivity contribution in [3.8, 4) is 17.2 Å². The van der Waals surface area contributed by atoms with Crippen LogP contribution in [0.25, 0.3) is 10.9 Å². The van der Waals surface area contributed by atoms with Gasteiger partial charge in [0.2, 0.25) is 6.79 Å². The first-order valence-electron chi connectivity index (χ1n) is 8.94. The predicted octanol–water partition coefficient (Wildman–Crippen LogP) is 4.79. The molecule has 1 aliphatic rings. The van der Waals surface area contributed by atoms with Gasteiger partial charge in [0.15, 0.2) is 11.5 Å². The third-order valence-corrected chi connectivity index (χ3v) is 5.22. The number of phenols is 1. The molecule has 27 heavy (non-hydrogen) atoms. The summed E-state index contributed by atoms with van der Waals surface area (Å²) in [4.78, 5) is 0. The van der Waals surface area contributed by atoms with Crippen molar-refractivity contribution in [1.82, 2.24) is 4.57 Å². The van der Waals surface area contributed by atoms with Gasteiger partial charge in [-0.1, -0.05) is 48.5 Å². The topological polar surface area (TPSA) is 43.6 Å². The summed E-state index contributed by atoms with van der Waals surface area (Å²) < 4.78 is 13.5. The minimum Gasteiger partial charge on any atom is -0.507 e. The van der Waals surface area contributed by atoms with E-state index in [2.05, 4.69) is 35.0 Å². The van der Waals surface area contributed by atoms with Crippen LogP contribution in [-0.4, -0.2) is 16.5 Å². The molecule has 3 aromatic carbocycles. The summed E-state index contributed by atoms with van der Waals surface area (Å²) in [6.07, 6.45) is 2.14. The standard InChI is InChI=1S/C23H19NO3/c1-24-13-17(16-9-5-6-10-18(16)24)21(15-7-3-2-4-8-15)22-19(25)11-12-20-23(22)27-14-26-20/h2-13,21,25H,14H2,1H3. The van der Waals surface area contributed by atoms with Crippen LogP contribution in [0.1, 0.15) is 22.6 Å². The molecule has 0 saturated carbocycles. The molecule has 2 heterocycles. The first-order chi connectivity index (χ1) is 13.2. The van der Waals surface area contributed by atoms with Crippen LogP contribution in [0.15, 0.2) is 72.9 Å². The molecule has 134 valence electrons. The maximum atomic E-state index is 10.8. The summed E-state index contributed by atoms with van der Waals surface area (Å²) in [7, 11) is 2.04. The number of fused-ring (bicyclic) bond motifs is 2. The number of aromatic nitrogens is 1. The summed E-state index contributed by atoms with van der Waals surface area (Å²) in [6.45, 7) is 0.169. The molecule has 5 rings (SSSR count). The van der Waals surface area contributed by atoms with E-state index in [1.165, 1.54) is 0 Å². The fourth-order valence-corrected chi connectivity index (χ4v) is 4.01. The van der Waals surface area contributed by atoms with Gasteiger partial charge in [0.1, 0.15) is 5.75 Å². The Balaban J connectivity index is 1.83. The number of para-hydroxylation sites is 1. The summed E-state index contributed by atoms with van der Waals surface area (Å²) in [5.41, 5.74) is 4.11. The summed E-state index contributed by atoms with van der Waals surface area (Å²) in [5.74, 6) is 1.33. The molecule has 0 aliphatic carbocycles. The van der Waals surface area contributed by atoms with Crippen LogP contribution in [0.4, 0.5) is 0 Å². The van der Waals surface area contributed by atoms with E-state index in [4.69, 9.17) is 9.47 Å². The van der Waals surface area contributed by atoms with Crippen molar-refractivity contribution in [3.05, 3.63) is 89.6 Å². The highest BCUT2D eigenvalue weighted by Gasteiger charge is 2.31. The first kappa shape index (κ1) is 15.8. The maximum absolute atomic E-state index is 10.8. The molecule has 1 atom stereocenters. The van der Waals surface area contributed by atoms with Gasteiger partial charge in [0.05, 0.1) is 5.56 Å². The zero-order valence-electron chi connectivity index (χ0n) is 14.9. The van der Waals surface area contributed by atoms with Gasteiger partial charge in [-0.2, -0.15) is 0 Å². The van der Waals surface area contributed by atoms with E-state index < -0.39 is 0 Å². The fourth-order valence-electron chi connectivity index (χ4n) is 4.01. The monoisotopic (exact) mass is 357 g/mol. The predicted molar refractivity (Wildman–Crippen MR) is 105 cm³/mol. The van der Waals surface area contributed by atoms with Crippen LogP contribution in [0, 0.1) is 0 Å². The van der Waals surface area contributed by atoms with Crippen LogP contribution < -0.4 is 9.47 Å². The highest BCUT2D eigenvalue weighted by Crippen LogP contribution is 2.49. The number of phenolic OH excluding ortho intramolecular Hbond substituents is 1. The van der Waals surface area contributed by atoms with E-state index in [1.54, 1.807) is 12.1 Å². The van der Waals surface area contributed by atoms with Crippen LogP contribution in [0.2, 0.25) is 0 Å². The Morgan fingerprint density at radius 3 is 2.56 bits per heavy atom. The lowest BCUT2D eigenvalue weighted by atomic mass is 9.84. The second kappa shape index (κ2) is 6.09. The minimum atomic E-state index is -0.172. The van der Waals surface area contributed by atoms with Crippen molar-refractivity contribution in [2.24, 2.45) is 7.05 Å². The Hall–Kier alpha value is -3.40. The van der Waals surface area contributed by atoms with E-state index in [0.717, 1.165) is 27.6 Å². The number of rotatable bonds is 3. The molecule has 0 saturated heterocycles. The quantitative estimate of drug-likeness (QED) is 0.573. The van der Waals surface area contributed by atoms with Crippen molar-refractivity contribution >= 4 is 10.9 Å². The molecule has 1 aromatic heterocycles. The Kier molecular flexibility index (Phi) is 3.57. The van der Waals surface area contributed by atoms with Crippen molar-refractivity contribution in [1.29, 1.82) is 0 Å². The van der Waals surface area contributed by atoms with E-state index in [-0.39, 0.29) is 18.5 Å². The van der Waals surface area contributed by atoms with Gasteiger partial charge in [-0.3, -0.25) is 0 Å². The highest BCUT2D eigenvalue weighted by molar-refractivity contribution is 5.86. The van der Waals surface area contributed by atoms with Gasteiger partial charge in [-0.15, -0.1) is 0 Å². The van der Waals surface area contributed by atoms with Crippen molar-refractivity contribution in [2.75, 3.05) is 6.79 Å². The number of aryl methyl sites for hydroxylation is 1. The Morgan fingerprint density at radius 2 is 1.70 bits per heavy atom. The highest BCUT2D eigenvalue weighted by atomic mass is 16.7. The van der Waals surface area contributed by atoms with E-state index in [9.17, 15) is 5.11 Å². The molecule has 0 amide bonds. The summed E-state index contributed by atoms with van der Waals surface area (Å²) in [5, 5.41) is 12.0. The molecule has 4 heteroatoms. The largest absolute Gasteiger partial charge is 0.507 e. The number of ether oxygens (including phenoxy) is 2. The average Bonchev–Trinajstić information content (AvgIpc) is 3.30. The summed E-state index contributed by atoms with van der Waals surface area (Å²) >= 11 is 0. The van der Waals surface area contributed by atoms with Gasteiger partial charge in [-0.25, -0.2) is 0 Å². The zero-order chi connectivity index (χ0) is 18.4. The molecular weight excluding hydrogens is 338 g/mol. The lowest BCUT2D eigenvalue weighted by molar-refractivity contribution is 0.173. The van der Waals surface area contributed by atoms with E-state index >= 15 is 0 Å². The average molecular weight is 357 g/mol. The molecule has 0 spiro atoms. The smallest absolute Gasteiger partial charge is 0.231 e. The molecule has 0 bridgehead atoms. The second-order valence-electron chi connectivity index (χ2n) is 6.79.